The van der Waals surface area contributed by atoms with Crippen molar-refractivity contribution in [2.75, 3.05) is 13.6 Å². The van der Waals surface area contributed by atoms with Crippen LogP contribution >= 0.6 is 11.6 Å². The molecule has 1 aromatic heterocycles. The fourth-order valence-corrected chi connectivity index (χ4v) is 2.95. The van der Waals surface area contributed by atoms with Crippen molar-refractivity contribution >= 4 is 11.6 Å². The Morgan fingerprint density at radius 1 is 1.00 bits per heavy atom. The fourth-order valence-electron chi connectivity index (χ4n) is 2.83. The fraction of sp³-hybridized carbons (Fsp3) is 0.211. The maximum Gasteiger partial charge on any atom is 0.0565 e. The van der Waals surface area contributed by atoms with Crippen molar-refractivity contribution in [3.8, 4) is 11.1 Å². The second-order valence-corrected chi connectivity index (χ2v) is 6.04. The van der Waals surface area contributed by atoms with Crippen LogP contribution in [0, 0.1) is 0 Å². The molecule has 2 aromatic carbocycles. The lowest BCUT2D eigenvalue weighted by Gasteiger charge is -2.18. The molecule has 0 saturated carbocycles. The molecule has 0 fully saturated rings. The number of hydrogen-bond acceptors (Lipinski definition) is 2. The standard InChI is InChI=1S/C19H20ClN3/c1-21-11-10-19(16-6-8-18(20)9-7-16)15-4-2-14(3-5-15)17-12-22-23-13-17/h2-9,12-13,19,21H,10-11H2,1H3,(H,22,23). The van der Waals surface area contributed by atoms with Crippen molar-refractivity contribution in [1.82, 2.24) is 15.5 Å². The molecule has 2 N–H and O–H groups in total. The van der Waals surface area contributed by atoms with E-state index in [0.29, 0.717) is 5.92 Å². The molecule has 3 rings (SSSR count). The normalized spacial score (nSPS) is 12.3. The first-order chi connectivity index (χ1) is 11.3. The van der Waals surface area contributed by atoms with Crippen molar-refractivity contribution in [2.45, 2.75) is 12.3 Å². The van der Waals surface area contributed by atoms with Gasteiger partial charge in [-0.3, -0.25) is 5.10 Å². The van der Waals surface area contributed by atoms with E-state index < -0.39 is 0 Å². The van der Waals surface area contributed by atoms with E-state index >= 15 is 0 Å². The highest BCUT2D eigenvalue weighted by molar-refractivity contribution is 6.30. The predicted molar refractivity (Wildman–Crippen MR) is 95.9 cm³/mol. The number of nitrogens with zero attached hydrogens (tertiary/aromatic N) is 1. The number of nitrogens with one attached hydrogen (secondary N) is 2. The van der Waals surface area contributed by atoms with Gasteiger partial charge in [-0.25, -0.2) is 0 Å². The molecule has 0 aliphatic carbocycles. The summed E-state index contributed by atoms with van der Waals surface area (Å²) in [6.07, 6.45) is 4.79. The Morgan fingerprint density at radius 2 is 1.65 bits per heavy atom. The highest BCUT2D eigenvalue weighted by atomic mass is 35.5. The molecule has 0 aliphatic heterocycles. The van der Waals surface area contributed by atoms with Crippen LogP contribution in [-0.4, -0.2) is 23.8 Å². The van der Waals surface area contributed by atoms with Crippen LogP contribution in [0.4, 0.5) is 0 Å². The Balaban J connectivity index is 1.88. The summed E-state index contributed by atoms with van der Waals surface area (Å²) in [5.41, 5.74) is 4.89. The van der Waals surface area contributed by atoms with Gasteiger partial charge in [-0.2, -0.15) is 5.10 Å². The molecule has 1 heterocycles. The molecule has 0 spiro atoms. The molecule has 0 radical (unpaired) electrons. The maximum absolute atomic E-state index is 6.02. The first-order valence-corrected chi connectivity index (χ1v) is 8.15. The van der Waals surface area contributed by atoms with Crippen molar-refractivity contribution in [3.63, 3.8) is 0 Å². The number of hydrogen-bond donors (Lipinski definition) is 2. The van der Waals surface area contributed by atoms with Gasteiger partial charge in [0.15, 0.2) is 0 Å². The second-order valence-electron chi connectivity index (χ2n) is 5.61. The van der Waals surface area contributed by atoms with Crippen LogP contribution in [0.15, 0.2) is 60.9 Å². The summed E-state index contributed by atoms with van der Waals surface area (Å²) in [5, 5.41) is 10.9. The molecule has 0 bridgehead atoms. The number of halogens is 1. The minimum atomic E-state index is 0.359. The van der Waals surface area contributed by atoms with Gasteiger partial charge in [0.25, 0.3) is 0 Å². The third-order valence-corrected chi connectivity index (χ3v) is 4.35. The van der Waals surface area contributed by atoms with E-state index in [0.717, 1.165) is 23.6 Å². The lowest BCUT2D eigenvalue weighted by molar-refractivity contribution is 0.662. The summed E-state index contributed by atoms with van der Waals surface area (Å²) in [7, 11) is 1.99. The molecule has 1 unspecified atom stereocenters. The quantitative estimate of drug-likeness (QED) is 0.702. The second kappa shape index (κ2) is 7.44. The Hall–Kier alpha value is -2.10. The smallest absolute Gasteiger partial charge is 0.0565 e. The molecule has 3 aromatic rings. The van der Waals surface area contributed by atoms with Gasteiger partial charge in [0.05, 0.1) is 6.20 Å². The zero-order valence-electron chi connectivity index (χ0n) is 13.1. The van der Waals surface area contributed by atoms with Crippen molar-refractivity contribution in [3.05, 3.63) is 77.1 Å². The summed E-state index contributed by atoms with van der Waals surface area (Å²) in [4.78, 5) is 0. The molecule has 0 aliphatic rings. The number of aromatic nitrogens is 2. The van der Waals surface area contributed by atoms with E-state index in [-0.39, 0.29) is 0 Å². The van der Waals surface area contributed by atoms with Gasteiger partial charge in [-0.05, 0) is 48.8 Å². The highest BCUT2D eigenvalue weighted by Gasteiger charge is 2.14. The Bertz CT molecular complexity index is 718. The minimum Gasteiger partial charge on any atom is -0.320 e. The first kappa shape index (κ1) is 15.8. The van der Waals surface area contributed by atoms with Gasteiger partial charge in [0, 0.05) is 22.7 Å². The largest absolute Gasteiger partial charge is 0.320 e. The zero-order chi connectivity index (χ0) is 16.1. The monoisotopic (exact) mass is 325 g/mol. The Morgan fingerprint density at radius 3 is 2.22 bits per heavy atom. The maximum atomic E-state index is 6.02. The molecule has 1 atom stereocenters. The number of H-pyrrole nitrogens is 1. The SMILES string of the molecule is CNCCC(c1ccc(Cl)cc1)c1ccc(-c2cn[nH]c2)cc1. The summed E-state index contributed by atoms with van der Waals surface area (Å²) in [6.45, 7) is 0.969. The summed E-state index contributed by atoms with van der Waals surface area (Å²) < 4.78 is 0. The van der Waals surface area contributed by atoms with Crippen molar-refractivity contribution in [2.24, 2.45) is 0 Å². The lowest BCUT2D eigenvalue weighted by Crippen LogP contribution is -2.13. The van der Waals surface area contributed by atoms with Crippen LogP contribution in [0.25, 0.3) is 11.1 Å². The Kier molecular flexibility index (Phi) is 5.11. The third-order valence-electron chi connectivity index (χ3n) is 4.10. The van der Waals surface area contributed by atoms with Gasteiger partial charge < -0.3 is 5.32 Å². The van der Waals surface area contributed by atoms with Crippen LogP contribution in [0.1, 0.15) is 23.5 Å². The number of benzene rings is 2. The lowest BCUT2D eigenvalue weighted by atomic mass is 9.88. The van der Waals surface area contributed by atoms with Gasteiger partial charge in [0.1, 0.15) is 0 Å². The molecule has 118 valence electrons. The van der Waals surface area contributed by atoms with E-state index in [1.54, 1.807) is 0 Å². The van der Waals surface area contributed by atoms with E-state index in [1.807, 2.05) is 31.6 Å². The molecule has 0 amide bonds. The molecule has 3 nitrogen and oxygen atoms in total. The number of rotatable bonds is 6. The molecule has 23 heavy (non-hydrogen) atoms. The van der Waals surface area contributed by atoms with E-state index in [9.17, 15) is 0 Å². The topological polar surface area (TPSA) is 40.7 Å². The van der Waals surface area contributed by atoms with E-state index in [2.05, 4.69) is 51.9 Å². The van der Waals surface area contributed by atoms with Crippen molar-refractivity contribution < 1.29 is 0 Å². The van der Waals surface area contributed by atoms with Gasteiger partial charge in [-0.1, -0.05) is 48.0 Å². The van der Waals surface area contributed by atoms with Crippen LogP contribution in [-0.2, 0) is 0 Å². The van der Waals surface area contributed by atoms with Crippen LogP contribution in [0.5, 0.6) is 0 Å². The molecular formula is C19H20ClN3. The van der Waals surface area contributed by atoms with Crippen molar-refractivity contribution in [1.29, 1.82) is 0 Å². The van der Waals surface area contributed by atoms with Crippen LogP contribution in [0.3, 0.4) is 0 Å². The molecule has 4 heteroatoms. The summed E-state index contributed by atoms with van der Waals surface area (Å²) >= 11 is 6.02. The predicted octanol–water partition coefficient (Wildman–Crippen LogP) is 4.47. The molecular weight excluding hydrogens is 306 g/mol. The summed E-state index contributed by atoms with van der Waals surface area (Å²) in [5.74, 6) is 0.359. The number of aromatic amines is 1. The minimum absolute atomic E-state index is 0.359. The Labute approximate surface area is 141 Å². The van der Waals surface area contributed by atoms with Gasteiger partial charge >= 0.3 is 0 Å². The van der Waals surface area contributed by atoms with E-state index in [1.165, 1.54) is 16.7 Å². The van der Waals surface area contributed by atoms with E-state index in [4.69, 9.17) is 11.6 Å². The van der Waals surface area contributed by atoms with Gasteiger partial charge in [-0.15, -0.1) is 0 Å². The summed E-state index contributed by atoms with van der Waals surface area (Å²) in [6, 6.07) is 16.9. The van der Waals surface area contributed by atoms with Crippen LogP contribution < -0.4 is 5.32 Å². The first-order valence-electron chi connectivity index (χ1n) is 7.77. The average Bonchev–Trinajstić information content (AvgIpc) is 3.12. The zero-order valence-corrected chi connectivity index (χ0v) is 13.8. The highest BCUT2D eigenvalue weighted by Crippen LogP contribution is 2.30. The average molecular weight is 326 g/mol. The molecule has 0 saturated heterocycles. The third kappa shape index (κ3) is 3.81. The van der Waals surface area contributed by atoms with Crippen LogP contribution in [0.2, 0.25) is 5.02 Å². The van der Waals surface area contributed by atoms with Gasteiger partial charge in [0.2, 0.25) is 0 Å².